The summed E-state index contributed by atoms with van der Waals surface area (Å²) < 4.78 is 19.0. The molecule has 2 heterocycles. The molecule has 0 saturated heterocycles. The highest BCUT2D eigenvalue weighted by Gasteiger charge is 2.13. The van der Waals surface area contributed by atoms with Crippen LogP contribution in [0.2, 0.25) is 0 Å². The molecule has 0 aliphatic rings. The molecule has 0 aliphatic carbocycles. The van der Waals surface area contributed by atoms with Gasteiger partial charge in [-0.05, 0) is 48.5 Å². The van der Waals surface area contributed by atoms with Crippen molar-refractivity contribution in [2.45, 2.75) is 0 Å². The summed E-state index contributed by atoms with van der Waals surface area (Å²) in [5.74, 6) is -0.360. The highest BCUT2D eigenvalue weighted by Crippen LogP contribution is 2.23. The van der Waals surface area contributed by atoms with Crippen molar-refractivity contribution < 1.29 is 13.7 Å². The Labute approximate surface area is 153 Å². The summed E-state index contributed by atoms with van der Waals surface area (Å²) in [6.45, 7) is 0. The zero-order valence-corrected chi connectivity index (χ0v) is 14.0. The van der Waals surface area contributed by atoms with Gasteiger partial charge in [0.25, 0.3) is 11.8 Å². The third-order valence-electron chi connectivity index (χ3n) is 3.83. The van der Waals surface area contributed by atoms with Crippen LogP contribution < -0.4 is 5.32 Å². The van der Waals surface area contributed by atoms with E-state index in [0.29, 0.717) is 28.7 Å². The van der Waals surface area contributed by atoms with E-state index in [2.05, 4.69) is 20.4 Å². The highest BCUT2D eigenvalue weighted by atomic mass is 19.1. The zero-order chi connectivity index (χ0) is 18.6. The number of aromatic nitrogens is 3. The van der Waals surface area contributed by atoms with Gasteiger partial charge in [0.1, 0.15) is 11.5 Å². The number of carbonyl (C=O) groups is 1. The average Bonchev–Trinajstić information content (AvgIpc) is 3.20. The summed E-state index contributed by atoms with van der Waals surface area (Å²) in [4.78, 5) is 20.6. The van der Waals surface area contributed by atoms with Crippen LogP contribution in [-0.4, -0.2) is 21.0 Å². The molecule has 0 fully saturated rings. The Morgan fingerprint density at radius 1 is 0.963 bits per heavy atom. The average molecular weight is 360 g/mol. The molecule has 0 aliphatic heterocycles. The maximum Gasteiger partial charge on any atom is 0.258 e. The number of carbonyl (C=O) groups excluding carboxylic acids is 1. The topological polar surface area (TPSA) is 80.9 Å². The first-order chi connectivity index (χ1) is 13.2. The van der Waals surface area contributed by atoms with E-state index in [1.54, 1.807) is 48.7 Å². The van der Waals surface area contributed by atoms with Gasteiger partial charge in [-0.2, -0.15) is 4.98 Å². The number of hydrogen-bond donors (Lipinski definition) is 1. The zero-order valence-electron chi connectivity index (χ0n) is 14.0. The molecule has 4 aromatic rings. The molecule has 0 radical (unpaired) electrons. The minimum atomic E-state index is -0.570. The summed E-state index contributed by atoms with van der Waals surface area (Å²) in [6, 6.07) is 18.1. The molecule has 1 N–H and O–H groups in total. The Kier molecular flexibility index (Phi) is 4.40. The van der Waals surface area contributed by atoms with Crippen LogP contribution in [0.4, 0.5) is 10.1 Å². The fraction of sp³-hybridized carbons (Fsp3) is 0. The van der Waals surface area contributed by atoms with Crippen LogP contribution in [0.3, 0.4) is 0 Å². The van der Waals surface area contributed by atoms with Crippen LogP contribution in [-0.2, 0) is 0 Å². The number of pyridine rings is 1. The minimum Gasteiger partial charge on any atom is -0.334 e. The van der Waals surface area contributed by atoms with Crippen LogP contribution in [0, 0.1) is 5.82 Å². The third kappa shape index (κ3) is 3.57. The summed E-state index contributed by atoms with van der Waals surface area (Å²) in [6.07, 6.45) is 1.65. The molecule has 0 spiro atoms. The van der Waals surface area contributed by atoms with Crippen molar-refractivity contribution in [3.63, 3.8) is 0 Å². The molecule has 27 heavy (non-hydrogen) atoms. The van der Waals surface area contributed by atoms with Crippen molar-refractivity contribution in [1.82, 2.24) is 15.1 Å². The lowest BCUT2D eigenvalue weighted by atomic mass is 10.1. The largest absolute Gasteiger partial charge is 0.334 e. The molecule has 0 saturated carbocycles. The van der Waals surface area contributed by atoms with Gasteiger partial charge < -0.3 is 9.84 Å². The molecule has 0 unspecified atom stereocenters. The van der Waals surface area contributed by atoms with Gasteiger partial charge in [-0.3, -0.25) is 9.78 Å². The van der Waals surface area contributed by atoms with Gasteiger partial charge in [0, 0.05) is 17.4 Å². The van der Waals surface area contributed by atoms with E-state index < -0.39 is 11.7 Å². The number of nitrogens with one attached hydrogen (secondary N) is 1. The molecule has 4 rings (SSSR count). The van der Waals surface area contributed by atoms with Crippen molar-refractivity contribution in [3.05, 3.63) is 84.3 Å². The van der Waals surface area contributed by atoms with Crippen LogP contribution in [0.15, 0.2) is 77.4 Å². The van der Waals surface area contributed by atoms with E-state index in [-0.39, 0.29) is 5.56 Å². The van der Waals surface area contributed by atoms with Crippen LogP contribution >= 0.6 is 0 Å². The van der Waals surface area contributed by atoms with E-state index in [1.165, 1.54) is 18.2 Å². The standard InChI is InChI=1S/C20H13FN4O2/c21-16-6-2-1-5-15(16)19(26)23-14-10-8-13(9-11-14)20-24-18(25-27-20)17-7-3-4-12-22-17/h1-12H,(H,23,26). The first kappa shape index (κ1) is 16.6. The molecule has 6 nitrogen and oxygen atoms in total. The number of hydrogen-bond acceptors (Lipinski definition) is 5. The molecule has 0 atom stereocenters. The monoisotopic (exact) mass is 360 g/mol. The number of anilines is 1. The SMILES string of the molecule is O=C(Nc1ccc(-c2nc(-c3ccccn3)no2)cc1)c1ccccc1F. The minimum absolute atomic E-state index is 0.0153. The van der Waals surface area contributed by atoms with Crippen LogP contribution in [0.25, 0.3) is 23.0 Å². The summed E-state index contributed by atoms with van der Waals surface area (Å²) in [5.41, 5.74) is 1.81. The molecular weight excluding hydrogens is 347 g/mol. The molecule has 2 aromatic heterocycles. The Morgan fingerprint density at radius 3 is 2.48 bits per heavy atom. The fourth-order valence-corrected chi connectivity index (χ4v) is 2.48. The number of nitrogens with zero attached hydrogens (tertiary/aromatic N) is 3. The Hall–Kier alpha value is -3.87. The van der Waals surface area contributed by atoms with Crippen molar-refractivity contribution >= 4 is 11.6 Å². The van der Waals surface area contributed by atoms with Gasteiger partial charge in [0.15, 0.2) is 0 Å². The lowest BCUT2D eigenvalue weighted by Crippen LogP contribution is -2.13. The lowest BCUT2D eigenvalue weighted by molar-refractivity contribution is 0.102. The highest BCUT2D eigenvalue weighted by molar-refractivity contribution is 6.04. The molecule has 2 aromatic carbocycles. The van der Waals surface area contributed by atoms with Crippen molar-refractivity contribution in [2.24, 2.45) is 0 Å². The van der Waals surface area contributed by atoms with Crippen molar-refractivity contribution in [1.29, 1.82) is 0 Å². The molecule has 1 amide bonds. The van der Waals surface area contributed by atoms with Gasteiger partial charge >= 0.3 is 0 Å². The second-order valence-electron chi connectivity index (χ2n) is 5.65. The quantitative estimate of drug-likeness (QED) is 0.590. The van der Waals surface area contributed by atoms with E-state index in [0.717, 1.165) is 0 Å². The van der Waals surface area contributed by atoms with Gasteiger partial charge in [0.05, 0.1) is 5.56 Å². The predicted octanol–water partition coefficient (Wildman–Crippen LogP) is 4.19. The third-order valence-corrected chi connectivity index (χ3v) is 3.83. The van der Waals surface area contributed by atoms with E-state index in [9.17, 15) is 9.18 Å². The second-order valence-corrected chi connectivity index (χ2v) is 5.65. The molecule has 0 bridgehead atoms. The van der Waals surface area contributed by atoms with Crippen molar-refractivity contribution in [2.75, 3.05) is 5.32 Å². The number of benzene rings is 2. The lowest BCUT2D eigenvalue weighted by Gasteiger charge is -2.06. The molecule has 132 valence electrons. The molecular formula is C20H13FN4O2. The number of amides is 1. The predicted molar refractivity (Wildman–Crippen MR) is 97.3 cm³/mol. The second kappa shape index (κ2) is 7.17. The maximum atomic E-state index is 13.7. The Bertz CT molecular complexity index is 1080. The molecule has 7 heteroatoms. The Balaban J connectivity index is 1.50. The maximum absolute atomic E-state index is 13.7. The van der Waals surface area contributed by atoms with Gasteiger partial charge in [0.2, 0.25) is 5.82 Å². The number of halogens is 1. The van der Waals surface area contributed by atoms with Gasteiger partial charge in [-0.1, -0.05) is 23.4 Å². The van der Waals surface area contributed by atoms with Crippen molar-refractivity contribution in [3.8, 4) is 23.0 Å². The first-order valence-corrected chi connectivity index (χ1v) is 8.12. The number of rotatable bonds is 4. The van der Waals surface area contributed by atoms with Gasteiger partial charge in [-0.15, -0.1) is 0 Å². The summed E-state index contributed by atoms with van der Waals surface area (Å²) in [7, 11) is 0. The van der Waals surface area contributed by atoms with E-state index in [1.807, 2.05) is 6.07 Å². The van der Waals surface area contributed by atoms with E-state index >= 15 is 0 Å². The Morgan fingerprint density at radius 2 is 1.74 bits per heavy atom. The first-order valence-electron chi connectivity index (χ1n) is 8.12. The van der Waals surface area contributed by atoms with E-state index in [4.69, 9.17) is 4.52 Å². The van der Waals surface area contributed by atoms with Crippen LogP contribution in [0.1, 0.15) is 10.4 Å². The smallest absolute Gasteiger partial charge is 0.258 e. The fourth-order valence-electron chi connectivity index (χ4n) is 2.48. The normalized spacial score (nSPS) is 10.6. The summed E-state index contributed by atoms with van der Waals surface area (Å²) >= 11 is 0. The van der Waals surface area contributed by atoms with Crippen LogP contribution in [0.5, 0.6) is 0 Å². The summed E-state index contributed by atoms with van der Waals surface area (Å²) in [5, 5.41) is 6.58. The van der Waals surface area contributed by atoms with Gasteiger partial charge in [-0.25, -0.2) is 4.39 Å².